The number of carbonyl (C=O) groups is 1. The number of piperidine rings is 1. The zero-order valence-corrected chi connectivity index (χ0v) is 17.0. The van der Waals surface area contributed by atoms with E-state index in [1.165, 1.54) is 15.5 Å². The molecule has 1 saturated heterocycles. The number of alkyl halides is 5. The highest BCUT2D eigenvalue weighted by molar-refractivity contribution is 6.31. The SMILES string of the molecule is NC1CCN(C(=O)c2ccc(Cl)c(C(F)(F)F)c2)C[C@H]1c1cc(C(F)F)nc2ncnn12. The average Bonchev–Trinajstić information content (AvgIpc) is 3.21. The summed E-state index contributed by atoms with van der Waals surface area (Å²) in [7, 11) is 0. The van der Waals surface area contributed by atoms with Crippen molar-refractivity contribution >= 4 is 23.3 Å². The molecule has 3 heterocycles. The van der Waals surface area contributed by atoms with Gasteiger partial charge in [-0.3, -0.25) is 4.79 Å². The Hall–Kier alpha value is -2.86. The largest absolute Gasteiger partial charge is 0.417 e. The fraction of sp³-hybridized carbons (Fsp3) is 0.368. The summed E-state index contributed by atoms with van der Waals surface area (Å²) in [5.74, 6) is -1.31. The molecule has 4 rings (SSSR count). The van der Waals surface area contributed by atoms with Crippen LogP contribution in [0.1, 0.15) is 46.1 Å². The number of likely N-dealkylation sites (tertiary alicyclic amines) is 1. The van der Waals surface area contributed by atoms with Crippen molar-refractivity contribution in [2.75, 3.05) is 13.1 Å². The fourth-order valence-corrected chi connectivity index (χ4v) is 3.98. The number of aromatic nitrogens is 4. The zero-order chi connectivity index (χ0) is 23.2. The van der Waals surface area contributed by atoms with Crippen molar-refractivity contribution in [2.45, 2.75) is 31.0 Å². The van der Waals surface area contributed by atoms with Gasteiger partial charge >= 0.3 is 6.18 Å². The smallest absolute Gasteiger partial charge is 0.338 e. The molecule has 1 aliphatic rings. The first-order valence-electron chi connectivity index (χ1n) is 9.46. The Morgan fingerprint density at radius 2 is 2.00 bits per heavy atom. The Morgan fingerprint density at radius 1 is 1.25 bits per heavy atom. The van der Waals surface area contributed by atoms with Crippen molar-refractivity contribution in [3.8, 4) is 0 Å². The Bertz CT molecular complexity index is 1170. The van der Waals surface area contributed by atoms with Crippen molar-refractivity contribution in [3.63, 3.8) is 0 Å². The monoisotopic (exact) mass is 474 g/mol. The van der Waals surface area contributed by atoms with Gasteiger partial charge in [0.25, 0.3) is 18.1 Å². The number of benzene rings is 1. The lowest BCUT2D eigenvalue weighted by atomic mass is 9.89. The quantitative estimate of drug-likeness (QED) is 0.585. The average molecular weight is 475 g/mol. The number of fused-ring (bicyclic) bond motifs is 1. The van der Waals surface area contributed by atoms with E-state index in [1.807, 2.05) is 0 Å². The van der Waals surface area contributed by atoms with Gasteiger partial charge in [-0.2, -0.15) is 23.3 Å². The Kier molecular flexibility index (Phi) is 5.76. The minimum absolute atomic E-state index is 0.00830. The number of halogens is 6. The van der Waals surface area contributed by atoms with Crippen LogP contribution in [0, 0.1) is 0 Å². The highest BCUT2D eigenvalue weighted by atomic mass is 35.5. The van der Waals surface area contributed by atoms with Gasteiger partial charge in [0.1, 0.15) is 12.0 Å². The summed E-state index contributed by atoms with van der Waals surface area (Å²) in [4.78, 5) is 21.9. The molecule has 1 amide bonds. The number of hydrogen-bond donors (Lipinski definition) is 1. The highest BCUT2D eigenvalue weighted by Gasteiger charge is 2.36. The molecule has 2 N–H and O–H groups in total. The maximum atomic E-state index is 13.3. The molecule has 2 atom stereocenters. The van der Waals surface area contributed by atoms with E-state index in [4.69, 9.17) is 17.3 Å². The Labute approximate surface area is 183 Å². The summed E-state index contributed by atoms with van der Waals surface area (Å²) >= 11 is 5.63. The Balaban J connectivity index is 1.67. The lowest BCUT2D eigenvalue weighted by Gasteiger charge is -2.37. The van der Waals surface area contributed by atoms with Crippen LogP contribution in [0.3, 0.4) is 0 Å². The molecule has 3 aromatic rings. The third kappa shape index (κ3) is 4.11. The predicted molar refractivity (Wildman–Crippen MR) is 103 cm³/mol. The number of nitrogens with zero attached hydrogens (tertiary/aromatic N) is 5. The summed E-state index contributed by atoms with van der Waals surface area (Å²) in [5, 5.41) is 3.49. The van der Waals surface area contributed by atoms with Crippen molar-refractivity contribution < 1.29 is 26.7 Å². The molecule has 0 bridgehead atoms. The van der Waals surface area contributed by atoms with Crippen LogP contribution in [0.5, 0.6) is 0 Å². The van der Waals surface area contributed by atoms with Crippen LogP contribution in [0.25, 0.3) is 5.78 Å². The van der Waals surface area contributed by atoms with Crippen molar-refractivity contribution in [1.82, 2.24) is 24.5 Å². The topological polar surface area (TPSA) is 89.4 Å². The third-order valence-electron chi connectivity index (χ3n) is 5.37. The third-order valence-corrected chi connectivity index (χ3v) is 5.70. The first-order valence-corrected chi connectivity index (χ1v) is 9.84. The molecule has 13 heteroatoms. The molecule has 0 aliphatic carbocycles. The number of hydrogen-bond acceptors (Lipinski definition) is 5. The molecule has 7 nitrogen and oxygen atoms in total. The van der Waals surface area contributed by atoms with Gasteiger partial charge in [-0.05, 0) is 30.7 Å². The van der Waals surface area contributed by atoms with E-state index >= 15 is 0 Å². The standard InChI is InChI=1S/C19H16ClF5N6O/c20-12-2-1-9(5-11(12)19(23,24)25)17(32)30-4-3-13(26)10(7-30)15-6-14(16(21)22)29-18-27-8-28-31(15)18/h1-2,5-6,8,10,13,16H,3-4,7,26H2/t10-,13?/m1/s1. The molecule has 0 saturated carbocycles. The normalized spacial score (nSPS) is 19.7. The van der Waals surface area contributed by atoms with Gasteiger partial charge in [0, 0.05) is 30.6 Å². The molecule has 32 heavy (non-hydrogen) atoms. The van der Waals surface area contributed by atoms with E-state index in [0.29, 0.717) is 18.2 Å². The van der Waals surface area contributed by atoms with Crippen molar-refractivity contribution in [3.05, 3.63) is 58.1 Å². The van der Waals surface area contributed by atoms with Gasteiger partial charge < -0.3 is 10.6 Å². The first-order chi connectivity index (χ1) is 15.1. The van der Waals surface area contributed by atoms with E-state index in [2.05, 4.69) is 15.1 Å². The second-order valence-electron chi connectivity index (χ2n) is 7.38. The number of amides is 1. The van der Waals surface area contributed by atoms with Gasteiger partial charge in [0.15, 0.2) is 0 Å². The molecule has 1 unspecified atom stereocenters. The molecule has 1 aromatic carbocycles. The zero-order valence-electron chi connectivity index (χ0n) is 16.2. The molecule has 0 radical (unpaired) electrons. The molecular formula is C19H16ClF5N6O. The van der Waals surface area contributed by atoms with Crippen LogP contribution >= 0.6 is 11.6 Å². The van der Waals surface area contributed by atoms with E-state index in [0.717, 1.165) is 18.5 Å². The highest BCUT2D eigenvalue weighted by Crippen LogP contribution is 2.36. The number of carbonyl (C=O) groups excluding carboxylic acids is 1. The number of rotatable bonds is 3. The molecule has 1 fully saturated rings. The lowest BCUT2D eigenvalue weighted by molar-refractivity contribution is -0.137. The van der Waals surface area contributed by atoms with Gasteiger partial charge in [-0.1, -0.05) is 11.6 Å². The Morgan fingerprint density at radius 3 is 2.69 bits per heavy atom. The van der Waals surface area contributed by atoms with Crippen LogP contribution in [-0.2, 0) is 6.18 Å². The van der Waals surface area contributed by atoms with Gasteiger partial charge in [-0.25, -0.2) is 18.3 Å². The predicted octanol–water partition coefficient (Wildman–Crippen LogP) is 3.69. The first kappa shape index (κ1) is 22.3. The molecule has 1 aliphatic heterocycles. The van der Waals surface area contributed by atoms with Crippen LogP contribution in [0.4, 0.5) is 22.0 Å². The summed E-state index contributed by atoms with van der Waals surface area (Å²) in [6.07, 6.45) is -6.12. The van der Waals surface area contributed by atoms with E-state index in [-0.39, 0.29) is 24.4 Å². The summed E-state index contributed by atoms with van der Waals surface area (Å²) in [6.45, 7) is 0.180. The molecule has 0 spiro atoms. The van der Waals surface area contributed by atoms with Gasteiger partial charge in [0.05, 0.1) is 16.3 Å². The molecular weight excluding hydrogens is 459 g/mol. The van der Waals surface area contributed by atoms with E-state index in [1.54, 1.807) is 0 Å². The van der Waals surface area contributed by atoms with E-state index in [9.17, 15) is 26.7 Å². The summed E-state index contributed by atoms with van der Waals surface area (Å²) < 4.78 is 67.5. The van der Waals surface area contributed by atoms with Crippen molar-refractivity contribution in [2.24, 2.45) is 5.73 Å². The van der Waals surface area contributed by atoms with Crippen LogP contribution in [0.2, 0.25) is 5.02 Å². The van der Waals surface area contributed by atoms with Crippen LogP contribution in [-0.4, -0.2) is 49.5 Å². The second-order valence-corrected chi connectivity index (χ2v) is 7.79. The summed E-state index contributed by atoms with van der Waals surface area (Å²) in [5.41, 5.74) is 4.70. The maximum absolute atomic E-state index is 13.3. The summed E-state index contributed by atoms with van der Waals surface area (Å²) in [6, 6.07) is 3.58. The van der Waals surface area contributed by atoms with Crippen molar-refractivity contribution in [1.29, 1.82) is 0 Å². The maximum Gasteiger partial charge on any atom is 0.417 e. The lowest BCUT2D eigenvalue weighted by Crippen LogP contribution is -2.48. The van der Waals surface area contributed by atoms with Gasteiger partial charge in [-0.15, -0.1) is 0 Å². The fourth-order valence-electron chi connectivity index (χ4n) is 3.76. The molecule has 2 aromatic heterocycles. The second kappa shape index (κ2) is 8.24. The number of nitrogens with two attached hydrogens (primary N) is 1. The minimum atomic E-state index is -4.72. The minimum Gasteiger partial charge on any atom is -0.338 e. The van der Waals surface area contributed by atoms with Crippen LogP contribution < -0.4 is 5.73 Å². The van der Waals surface area contributed by atoms with Gasteiger partial charge in [0.2, 0.25) is 0 Å². The molecule has 170 valence electrons. The van der Waals surface area contributed by atoms with E-state index < -0.39 is 46.7 Å². The van der Waals surface area contributed by atoms with Crippen LogP contribution in [0.15, 0.2) is 30.6 Å².